The van der Waals surface area contributed by atoms with Gasteiger partial charge in [0, 0.05) is 12.1 Å². The van der Waals surface area contributed by atoms with Gasteiger partial charge in [0.2, 0.25) is 17.7 Å². The van der Waals surface area contributed by atoms with Crippen LogP contribution in [0.15, 0.2) is 0 Å². The second-order valence-corrected chi connectivity index (χ2v) is 8.20. The summed E-state index contributed by atoms with van der Waals surface area (Å²) in [6.45, 7) is 20.2. The van der Waals surface area contributed by atoms with Gasteiger partial charge in [-0.25, -0.2) is 0 Å². The number of hydrogen-bond acceptors (Lipinski definition) is 4. The summed E-state index contributed by atoms with van der Waals surface area (Å²) in [7, 11) is 0. The first-order valence-corrected chi connectivity index (χ1v) is 9.96. The maximum absolute atomic E-state index is 11.1. The first kappa shape index (κ1) is 27.6. The molecule has 2 aliphatic heterocycles. The van der Waals surface area contributed by atoms with Crippen molar-refractivity contribution in [3.05, 3.63) is 0 Å². The average Bonchev–Trinajstić information content (AvgIpc) is 2.51. The molecule has 4 N–H and O–H groups in total. The zero-order valence-electron chi connectivity index (χ0n) is 19.0. The van der Waals surface area contributed by atoms with E-state index in [0.717, 1.165) is 6.54 Å². The summed E-state index contributed by atoms with van der Waals surface area (Å²) in [4.78, 5) is 33.2. The van der Waals surface area contributed by atoms with E-state index < -0.39 is 11.6 Å². The standard InChI is InChI=1S/C7H12N2O2.C7H14N2O.2C3H8/c1-4-5(10)9-7(2,3)6(11)8-4;1-5-6(10)9-7(2,3)4-8-5;2*1-3-2/h4H,1-3H3,(H,8,11)(H,9,10);5,8H,4H2,1-3H3,(H,9,10);2*3H2,1-2H3. The molecule has 160 valence electrons. The predicted octanol–water partition coefficient (Wildman–Crippen LogP) is 2.11. The zero-order valence-corrected chi connectivity index (χ0v) is 19.0. The summed E-state index contributed by atoms with van der Waals surface area (Å²) in [5, 5.41) is 11.2. The van der Waals surface area contributed by atoms with Gasteiger partial charge in [-0.1, -0.05) is 40.5 Å². The normalized spacial score (nSPS) is 24.9. The number of piperazine rings is 2. The number of amides is 3. The molecule has 7 heteroatoms. The van der Waals surface area contributed by atoms with Crippen LogP contribution in [0.25, 0.3) is 0 Å². The fourth-order valence-electron chi connectivity index (χ4n) is 1.90. The minimum Gasteiger partial charge on any atom is -0.349 e. The third-order valence-electron chi connectivity index (χ3n) is 3.45. The SMILES string of the molecule is CC1NC(=O)C(C)(C)NC1=O.CC1NCC(C)(C)NC1=O.CCC.CCC. The van der Waals surface area contributed by atoms with Crippen molar-refractivity contribution in [2.24, 2.45) is 0 Å². The lowest BCUT2D eigenvalue weighted by atomic mass is 10.00. The Morgan fingerprint density at radius 2 is 1.22 bits per heavy atom. The molecule has 2 heterocycles. The summed E-state index contributed by atoms with van der Waals surface area (Å²) in [5.41, 5.74) is -0.840. The predicted molar refractivity (Wildman–Crippen MR) is 111 cm³/mol. The number of carbonyl (C=O) groups excluding carboxylic acids is 3. The van der Waals surface area contributed by atoms with Crippen LogP contribution in [0.3, 0.4) is 0 Å². The van der Waals surface area contributed by atoms with Gasteiger partial charge < -0.3 is 21.3 Å². The molecule has 2 unspecified atom stereocenters. The fraction of sp³-hybridized carbons (Fsp3) is 0.850. The molecule has 2 atom stereocenters. The quantitative estimate of drug-likeness (QED) is 0.512. The Hall–Kier alpha value is -1.63. The maximum Gasteiger partial charge on any atom is 0.245 e. The summed E-state index contributed by atoms with van der Waals surface area (Å²) < 4.78 is 0. The van der Waals surface area contributed by atoms with E-state index >= 15 is 0 Å². The van der Waals surface area contributed by atoms with Crippen molar-refractivity contribution < 1.29 is 14.4 Å². The minimum atomic E-state index is -0.760. The van der Waals surface area contributed by atoms with Crippen molar-refractivity contribution in [3.8, 4) is 0 Å². The van der Waals surface area contributed by atoms with E-state index in [2.05, 4.69) is 49.0 Å². The van der Waals surface area contributed by atoms with Gasteiger partial charge in [0.15, 0.2) is 0 Å². The van der Waals surface area contributed by atoms with Crippen LogP contribution >= 0.6 is 0 Å². The van der Waals surface area contributed by atoms with Gasteiger partial charge in [-0.15, -0.1) is 0 Å². The Kier molecular flexibility index (Phi) is 13.0. The van der Waals surface area contributed by atoms with Gasteiger partial charge in [-0.05, 0) is 41.5 Å². The highest BCUT2D eigenvalue weighted by atomic mass is 16.2. The molecule has 2 saturated heterocycles. The second-order valence-electron chi connectivity index (χ2n) is 8.20. The molecule has 2 aliphatic rings. The molecule has 0 aromatic carbocycles. The molecule has 2 fully saturated rings. The Bertz CT molecular complexity index is 474. The molecule has 27 heavy (non-hydrogen) atoms. The van der Waals surface area contributed by atoms with Crippen LogP contribution in [0.5, 0.6) is 0 Å². The van der Waals surface area contributed by atoms with Crippen molar-refractivity contribution in [1.29, 1.82) is 0 Å². The summed E-state index contributed by atoms with van der Waals surface area (Å²) in [6, 6.07) is -0.441. The molecule has 0 aromatic heterocycles. The van der Waals surface area contributed by atoms with Gasteiger partial charge in [0.05, 0.1) is 6.04 Å². The van der Waals surface area contributed by atoms with Crippen LogP contribution in [-0.4, -0.2) is 47.4 Å². The van der Waals surface area contributed by atoms with Crippen molar-refractivity contribution in [3.63, 3.8) is 0 Å². The molecule has 0 aromatic rings. The van der Waals surface area contributed by atoms with Gasteiger partial charge in [0.25, 0.3) is 0 Å². The van der Waals surface area contributed by atoms with Crippen molar-refractivity contribution in [1.82, 2.24) is 21.3 Å². The van der Waals surface area contributed by atoms with Crippen LogP contribution in [-0.2, 0) is 14.4 Å². The summed E-state index contributed by atoms with van der Waals surface area (Å²) in [5.74, 6) is -0.171. The van der Waals surface area contributed by atoms with E-state index in [1.807, 2.05) is 20.8 Å². The lowest BCUT2D eigenvalue weighted by molar-refractivity contribution is -0.139. The van der Waals surface area contributed by atoms with Crippen LogP contribution in [0.4, 0.5) is 0 Å². The van der Waals surface area contributed by atoms with Crippen molar-refractivity contribution in [2.45, 2.75) is 105 Å². The van der Waals surface area contributed by atoms with Gasteiger partial charge in [0.1, 0.15) is 11.6 Å². The van der Waals surface area contributed by atoms with Gasteiger partial charge >= 0.3 is 0 Å². The Balaban J connectivity index is 0. The van der Waals surface area contributed by atoms with E-state index in [1.54, 1.807) is 20.8 Å². The Labute approximate surface area is 165 Å². The zero-order chi connectivity index (χ0) is 21.8. The highest BCUT2D eigenvalue weighted by molar-refractivity contribution is 5.98. The van der Waals surface area contributed by atoms with Crippen molar-refractivity contribution >= 4 is 17.7 Å². The Morgan fingerprint density at radius 3 is 1.56 bits per heavy atom. The van der Waals surface area contributed by atoms with Crippen molar-refractivity contribution in [2.75, 3.05) is 6.54 Å². The van der Waals surface area contributed by atoms with E-state index in [4.69, 9.17) is 0 Å². The second kappa shape index (κ2) is 12.7. The lowest BCUT2D eigenvalue weighted by Crippen LogP contribution is -2.65. The molecular formula is C20H42N4O3. The molecule has 3 amide bonds. The third-order valence-corrected chi connectivity index (χ3v) is 3.45. The molecule has 0 radical (unpaired) electrons. The summed E-state index contributed by atoms with van der Waals surface area (Å²) in [6.07, 6.45) is 2.50. The van der Waals surface area contributed by atoms with Crippen LogP contribution in [0, 0.1) is 0 Å². The first-order valence-electron chi connectivity index (χ1n) is 9.96. The smallest absolute Gasteiger partial charge is 0.245 e. The average molecular weight is 387 g/mol. The highest BCUT2D eigenvalue weighted by Crippen LogP contribution is 2.07. The molecule has 7 nitrogen and oxygen atoms in total. The Morgan fingerprint density at radius 1 is 0.815 bits per heavy atom. The molecule has 0 aliphatic carbocycles. The minimum absolute atomic E-state index is 0.0342. The molecule has 0 bridgehead atoms. The topological polar surface area (TPSA) is 99.3 Å². The molecule has 0 spiro atoms. The van der Waals surface area contributed by atoms with Crippen LogP contribution < -0.4 is 21.3 Å². The number of carbonyl (C=O) groups is 3. The highest BCUT2D eigenvalue weighted by Gasteiger charge is 2.37. The van der Waals surface area contributed by atoms with Crippen LogP contribution in [0.2, 0.25) is 0 Å². The van der Waals surface area contributed by atoms with E-state index in [9.17, 15) is 14.4 Å². The van der Waals surface area contributed by atoms with E-state index in [1.165, 1.54) is 12.8 Å². The molecular weight excluding hydrogens is 344 g/mol. The number of hydrogen-bond donors (Lipinski definition) is 4. The maximum atomic E-state index is 11.1. The number of nitrogens with one attached hydrogen (secondary N) is 4. The largest absolute Gasteiger partial charge is 0.349 e. The van der Waals surface area contributed by atoms with E-state index in [-0.39, 0.29) is 29.3 Å². The van der Waals surface area contributed by atoms with Gasteiger partial charge in [-0.2, -0.15) is 0 Å². The lowest BCUT2D eigenvalue weighted by Gasteiger charge is -2.34. The molecule has 2 rings (SSSR count). The van der Waals surface area contributed by atoms with Crippen LogP contribution in [0.1, 0.15) is 82.1 Å². The van der Waals surface area contributed by atoms with E-state index in [0.29, 0.717) is 0 Å². The third kappa shape index (κ3) is 11.6. The fourth-order valence-corrected chi connectivity index (χ4v) is 1.90. The first-order chi connectivity index (χ1) is 12.3. The summed E-state index contributed by atoms with van der Waals surface area (Å²) >= 11 is 0. The number of rotatable bonds is 0. The van der Waals surface area contributed by atoms with Gasteiger partial charge in [-0.3, -0.25) is 14.4 Å². The molecule has 0 saturated carbocycles. The monoisotopic (exact) mass is 386 g/mol.